The van der Waals surface area contributed by atoms with Crippen LogP contribution in [0.5, 0.6) is 0 Å². The minimum absolute atomic E-state index is 0.536. The quantitative estimate of drug-likeness (QED) is 0.151. The van der Waals surface area contributed by atoms with Gasteiger partial charge in [0, 0.05) is 87.5 Å². The normalized spacial score (nSPS) is 12.0. The SMILES string of the molecule is c1cc(-c2ccc3c(c2)oc2ccccc23)cc(-c2nc(-c3cccc(-n4c5ccccc5c5ccccc54)c3)nc(-c3cccc4oc5ccc(-c6ccc7c(c6)c6ccccc6n7-c6ccc(-c7cccc8c7oc7ccccc78)cc6)cc5c34)n2)c1. The van der Waals surface area contributed by atoms with E-state index in [1.165, 1.54) is 21.5 Å². The molecule has 0 aliphatic carbocycles. The van der Waals surface area contributed by atoms with E-state index in [9.17, 15) is 0 Å². The van der Waals surface area contributed by atoms with Crippen molar-refractivity contribution < 1.29 is 13.3 Å². The molecule has 414 valence electrons. The zero-order valence-corrected chi connectivity index (χ0v) is 47.6. The molecule has 8 heteroatoms. The van der Waals surface area contributed by atoms with Crippen LogP contribution in [0.1, 0.15) is 0 Å². The maximum absolute atomic E-state index is 6.74. The summed E-state index contributed by atoms with van der Waals surface area (Å²) in [4.78, 5) is 16.2. The summed E-state index contributed by atoms with van der Waals surface area (Å²) < 4.78 is 24.3. The number of furan rings is 3. The molecule has 0 amide bonds. The van der Waals surface area contributed by atoms with Crippen molar-refractivity contribution in [3.63, 3.8) is 0 Å². The van der Waals surface area contributed by atoms with Gasteiger partial charge in [-0.05, 0) is 131 Å². The Balaban J connectivity index is 0.739. The molecule has 0 spiro atoms. The van der Waals surface area contributed by atoms with E-state index in [-0.39, 0.29) is 0 Å². The first-order valence-electron chi connectivity index (χ1n) is 30.0. The van der Waals surface area contributed by atoms with Crippen LogP contribution in [0.25, 0.3) is 188 Å². The highest BCUT2D eigenvalue weighted by Gasteiger charge is 2.22. The van der Waals surface area contributed by atoms with E-state index in [0.717, 1.165) is 149 Å². The molecular weight excluding hydrogens is 1090 g/mol. The molecule has 0 saturated carbocycles. The van der Waals surface area contributed by atoms with E-state index >= 15 is 0 Å². The molecule has 19 aromatic rings. The number of fused-ring (bicyclic) bond motifs is 15. The van der Waals surface area contributed by atoms with E-state index in [4.69, 9.17) is 28.2 Å². The van der Waals surface area contributed by atoms with Crippen LogP contribution in [0.2, 0.25) is 0 Å². The molecule has 0 N–H and O–H groups in total. The van der Waals surface area contributed by atoms with Gasteiger partial charge < -0.3 is 22.4 Å². The molecular formula is C81H47N5O3. The Kier molecular flexibility index (Phi) is 10.6. The minimum atomic E-state index is 0.536. The number of hydrogen-bond acceptors (Lipinski definition) is 6. The number of benzene rings is 13. The first-order valence-corrected chi connectivity index (χ1v) is 30.0. The molecule has 89 heavy (non-hydrogen) atoms. The average molecular weight is 1140 g/mol. The third-order valence-electron chi connectivity index (χ3n) is 18.0. The van der Waals surface area contributed by atoms with Gasteiger partial charge in [-0.3, -0.25) is 0 Å². The molecule has 0 fully saturated rings. The predicted octanol–water partition coefficient (Wildman–Crippen LogP) is 21.8. The molecule has 0 atom stereocenters. The second-order valence-corrected chi connectivity index (χ2v) is 23.0. The Morgan fingerprint density at radius 3 is 1.44 bits per heavy atom. The van der Waals surface area contributed by atoms with Crippen molar-refractivity contribution in [2.45, 2.75) is 0 Å². The molecule has 19 rings (SSSR count). The summed E-state index contributed by atoms with van der Waals surface area (Å²) in [5.41, 5.74) is 20.6. The zero-order valence-electron chi connectivity index (χ0n) is 47.6. The van der Waals surface area contributed by atoms with Crippen molar-refractivity contribution in [2.24, 2.45) is 0 Å². The fraction of sp³-hybridized carbons (Fsp3) is 0. The lowest BCUT2D eigenvalue weighted by Gasteiger charge is -2.12. The van der Waals surface area contributed by atoms with Crippen LogP contribution in [0.3, 0.4) is 0 Å². The zero-order chi connectivity index (χ0) is 58.3. The summed E-state index contributed by atoms with van der Waals surface area (Å²) in [6, 6.07) is 100. The second-order valence-electron chi connectivity index (χ2n) is 23.0. The van der Waals surface area contributed by atoms with Gasteiger partial charge in [-0.2, -0.15) is 0 Å². The van der Waals surface area contributed by atoms with E-state index in [1.807, 2.05) is 42.5 Å². The minimum Gasteiger partial charge on any atom is -0.456 e. The summed E-state index contributed by atoms with van der Waals surface area (Å²) in [6.07, 6.45) is 0. The van der Waals surface area contributed by atoms with Crippen molar-refractivity contribution in [3.05, 3.63) is 285 Å². The molecule has 0 aliphatic heterocycles. The molecule has 6 aromatic heterocycles. The molecule has 0 bridgehead atoms. The lowest BCUT2D eigenvalue weighted by atomic mass is 9.99. The van der Waals surface area contributed by atoms with Crippen LogP contribution in [0.4, 0.5) is 0 Å². The summed E-state index contributed by atoms with van der Waals surface area (Å²) in [5.74, 6) is 1.64. The van der Waals surface area contributed by atoms with Crippen molar-refractivity contribution >= 4 is 109 Å². The number of nitrogens with zero attached hydrogens (tertiary/aromatic N) is 5. The van der Waals surface area contributed by atoms with Crippen LogP contribution in [-0.2, 0) is 0 Å². The smallest absolute Gasteiger partial charge is 0.164 e. The fourth-order valence-electron chi connectivity index (χ4n) is 13.9. The highest BCUT2D eigenvalue weighted by atomic mass is 16.3. The largest absolute Gasteiger partial charge is 0.456 e. The van der Waals surface area contributed by atoms with Gasteiger partial charge in [0.2, 0.25) is 0 Å². The van der Waals surface area contributed by atoms with Crippen LogP contribution in [-0.4, -0.2) is 24.1 Å². The summed E-state index contributed by atoms with van der Waals surface area (Å²) in [5, 5.41) is 11.1. The molecule has 0 radical (unpaired) electrons. The van der Waals surface area contributed by atoms with Crippen LogP contribution < -0.4 is 0 Å². The number of hydrogen-bond donors (Lipinski definition) is 0. The summed E-state index contributed by atoms with van der Waals surface area (Å²) in [7, 11) is 0. The molecule has 0 saturated heterocycles. The maximum atomic E-state index is 6.74. The molecule has 0 unspecified atom stereocenters. The monoisotopic (exact) mass is 1140 g/mol. The topological polar surface area (TPSA) is 88.0 Å². The molecule has 0 aliphatic rings. The highest BCUT2D eigenvalue weighted by Crippen LogP contribution is 2.43. The van der Waals surface area contributed by atoms with Crippen LogP contribution >= 0.6 is 0 Å². The highest BCUT2D eigenvalue weighted by molar-refractivity contribution is 6.15. The number of para-hydroxylation sites is 6. The van der Waals surface area contributed by atoms with Gasteiger partial charge in [0.15, 0.2) is 17.5 Å². The Morgan fingerprint density at radius 1 is 0.225 bits per heavy atom. The van der Waals surface area contributed by atoms with Crippen molar-refractivity contribution in [1.29, 1.82) is 0 Å². The van der Waals surface area contributed by atoms with Gasteiger partial charge in [0.05, 0.1) is 22.1 Å². The van der Waals surface area contributed by atoms with Gasteiger partial charge in [-0.15, -0.1) is 0 Å². The Hall–Kier alpha value is -12.1. The predicted molar refractivity (Wildman–Crippen MR) is 363 cm³/mol. The first-order chi connectivity index (χ1) is 44.1. The Morgan fingerprint density at radius 2 is 0.685 bits per heavy atom. The van der Waals surface area contributed by atoms with Gasteiger partial charge in [-0.1, -0.05) is 182 Å². The Bertz CT molecular complexity index is 6080. The summed E-state index contributed by atoms with van der Waals surface area (Å²) in [6.45, 7) is 0. The van der Waals surface area contributed by atoms with E-state index < -0.39 is 0 Å². The lowest BCUT2D eigenvalue weighted by Crippen LogP contribution is -2.01. The van der Waals surface area contributed by atoms with Crippen LogP contribution in [0, 0.1) is 0 Å². The van der Waals surface area contributed by atoms with Crippen molar-refractivity contribution in [1.82, 2.24) is 24.1 Å². The Labute approximate surface area is 508 Å². The van der Waals surface area contributed by atoms with E-state index in [2.05, 4.69) is 252 Å². The average Bonchev–Trinajstić information content (AvgIpc) is 2.53. The first kappa shape index (κ1) is 49.2. The van der Waals surface area contributed by atoms with E-state index in [0.29, 0.717) is 17.5 Å². The van der Waals surface area contributed by atoms with Crippen molar-refractivity contribution in [3.8, 4) is 78.9 Å². The third-order valence-corrected chi connectivity index (χ3v) is 18.0. The van der Waals surface area contributed by atoms with Gasteiger partial charge in [-0.25, -0.2) is 15.0 Å². The molecule has 8 nitrogen and oxygen atoms in total. The van der Waals surface area contributed by atoms with Crippen LogP contribution in [0.15, 0.2) is 298 Å². The van der Waals surface area contributed by atoms with Gasteiger partial charge in [0.1, 0.15) is 33.5 Å². The van der Waals surface area contributed by atoms with Crippen molar-refractivity contribution in [2.75, 3.05) is 0 Å². The molecule has 13 aromatic carbocycles. The standard InChI is InChI=1S/C81H47N5O3/c1-6-27-68-58(19-1)59-20-2-7-28-69(59)86(68)56-18-12-17-54(44-56)80-82-79(53-16-11-15-49(43-53)52-35-40-63-61-22-4-9-30-72(61)88-76(63)47-52)83-81(84-80)65-26-14-32-75-77(65)67-46-51(37-42-74(67)87-75)50-36-41-71-66(45-50)60-21-3-8-29-70(60)85(71)55-38-33-48(34-39-55)57-24-13-25-64-62-23-5-10-31-73(62)89-78(57)64/h1-47H. The maximum Gasteiger partial charge on any atom is 0.164 e. The number of aromatic nitrogens is 5. The van der Waals surface area contributed by atoms with E-state index in [1.54, 1.807) is 0 Å². The fourth-order valence-corrected chi connectivity index (χ4v) is 13.9. The van der Waals surface area contributed by atoms with Gasteiger partial charge >= 0.3 is 0 Å². The molecule has 6 heterocycles. The second kappa shape index (κ2) is 19.2. The van der Waals surface area contributed by atoms with Gasteiger partial charge in [0.25, 0.3) is 0 Å². The lowest BCUT2D eigenvalue weighted by molar-refractivity contribution is 0.668. The number of rotatable bonds is 8. The summed E-state index contributed by atoms with van der Waals surface area (Å²) >= 11 is 0. The third kappa shape index (κ3) is 7.70.